The number of rotatable bonds is 3. The Hall–Kier alpha value is -2.20. The van der Waals surface area contributed by atoms with Gasteiger partial charge in [0.05, 0.1) is 5.56 Å². The van der Waals surface area contributed by atoms with Gasteiger partial charge in [0.25, 0.3) is 5.91 Å². The van der Waals surface area contributed by atoms with E-state index in [2.05, 4.69) is 15.3 Å². The number of anilines is 1. The van der Waals surface area contributed by atoms with Gasteiger partial charge >= 0.3 is 6.18 Å². The second-order valence-electron chi connectivity index (χ2n) is 4.92. The number of carbonyl (C=O) groups is 1. The first kappa shape index (κ1) is 16.7. The van der Waals surface area contributed by atoms with Crippen molar-refractivity contribution in [3.05, 3.63) is 45.7 Å². The quantitative estimate of drug-likeness (QED) is 0.747. The van der Waals surface area contributed by atoms with Crippen LogP contribution in [-0.2, 0) is 6.18 Å². The van der Waals surface area contributed by atoms with E-state index in [1.165, 1.54) is 11.3 Å². The molecule has 0 saturated heterocycles. The van der Waals surface area contributed by atoms with Crippen molar-refractivity contribution < 1.29 is 18.0 Å². The third kappa shape index (κ3) is 3.06. The zero-order chi connectivity index (χ0) is 17.5. The molecule has 0 unspecified atom stereocenters. The maximum Gasteiger partial charge on any atom is 0.434 e. The molecule has 0 aliphatic rings. The summed E-state index contributed by atoms with van der Waals surface area (Å²) < 4.78 is 39.5. The molecule has 5 nitrogen and oxygen atoms in total. The lowest BCUT2D eigenvalue weighted by molar-refractivity contribution is -0.140. The SMILES string of the molecule is Cc1cc(C(=O)Nc2nc(C(F)(F)F)cs2)c(C)n1-c1nccs1. The molecular weight excluding hydrogens is 361 g/mol. The molecule has 24 heavy (non-hydrogen) atoms. The van der Waals surface area contributed by atoms with Crippen molar-refractivity contribution in [1.82, 2.24) is 14.5 Å². The number of thiazole rings is 2. The molecular formula is C14H11F3N4OS2. The summed E-state index contributed by atoms with van der Waals surface area (Å²) in [7, 11) is 0. The molecule has 0 aromatic carbocycles. The molecule has 1 N–H and O–H groups in total. The van der Waals surface area contributed by atoms with Gasteiger partial charge in [0, 0.05) is 28.3 Å². The van der Waals surface area contributed by atoms with Crippen LogP contribution in [0.4, 0.5) is 18.3 Å². The largest absolute Gasteiger partial charge is 0.434 e. The van der Waals surface area contributed by atoms with Crippen molar-refractivity contribution in [2.75, 3.05) is 5.32 Å². The fourth-order valence-electron chi connectivity index (χ4n) is 2.24. The summed E-state index contributed by atoms with van der Waals surface area (Å²) in [5.41, 5.74) is 0.817. The Labute approximate surface area is 142 Å². The number of carbonyl (C=O) groups excluding carboxylic acids is 1. The standard InChI is InChI=1S/C14H11F3N4OS2/c1-7-5-9(8(2)21(7)13-18-3-4-23-13)11(22)20-12-19-10(6-24-12)14(15,16)17/h3-6H,1-2H3,(H,19,20,22). The summed E-state index contributed by atoms with van der Waals surface area (Å²) in [5.74, 6) is -0.506. The average molecular weight is 372 g/mol. The molecule has 3 heterocycles. The topological polar surface area (TPSA) is 59.8 Å². The van der Waals surface area contributed by atoms with Crippen molar-refractivity contribution in [2.24, 2.45) is 0 Å². The van der Waals surface area contributed by atoms with Gasteiger partial charge in [0.1, 0.15) is 0 Å². The van der Waals surface area contributed by atoms with E-state index in [1.54, 1.807) is 19.2 Å². The summed E-state index contributed by atoms with van der Waals surface area (Å²) >= 11 is 2.16. The van der Waals surface area contributed by atoms with Gasteiger partial charge < -0.3 is 0 Å². The van der Waals surface area contributed by atoms with Crippen LogP contribution in [-0.4, -0.2) is 20.4 Å². The zero-order valence-electron chi connectivity index (χ0n) is 12.5. The lowest BCUT2D eigenvalue weighted by atomic mass is 10.2. The Kier molecular flexibility index (Phi) is 4.18. The number of amides is 1. The molecule has 0 aliphatic heterocycles. The molecule has 0 bridgehead atoms. The summed E-state index contributed by atoms with van der Waals surface area (Å²) in [6.07, 6.45) is -2.87. The van der Waals surface area contributed by atoms with Crippen LogP contribution < -0.4 is 5.32 Å². The van der Waals surface area contributed by atoms with Gasteiger partial charge in [-0.3, -0.25) is 14.7 Å². The van der Waals surface area contributed by atoms with Crippen LogP contribution in [0.1, 0.15) is 27.4 Å². The van der Waals surface area contributed by atoms with Gasteiger partial charge in [-0.15, -0.1) is 22.7 Å². The molecule has 0 fully saturated rings. The summed E-state index contributed by atoms with van der Waals surface area (Å²) in [4.78, 5) is 20.0. The number of hydrogen-bond donors (Lipinski definition) is 1. The number of aromatic nitrogens is 3. The number of aryl methyl sites for hydroxylation is 1. The predicted molar refractivity (Wildman–Crippen MR) is 86.0 cm³/mol. The Balaban J connectivity index is 1.86. The monoisotopic (exact) mass is 372 g/mol. The second-order valence-corrected chi connectivity index (χ2v) is 6.66. The highest BCUT2D eigenvalue weighted by Crippen LogP contribution is 2.32. The van der Waals surface area contributed by atoms with E-state index in [0.717, 1.165) is 27.5 Å². The molecule has 10 heteroatoms. The maximum atomic E-state index is 12.6. The number of halogens is 3. The summed E-state index contributed by atoms with van der Waals surface area (Å²) in [6, 6.07) is 1.67. The second kappa shape index (κ2) is 6.02. The normalized spacial score (nSPS) is 11.7. The molecule has 0 atom stereocenters. The molecule has 0 saturated carbocycles. The van der Waals surface area contributed by atoms with Crippen LogP contribution in [0.5, 0.6) is 0 Å². The number of nitrogens with zero attached hydrogens (tertiary/aromatic N) is 3. The van der Waals surface area contributed by atoms with E-state index in [9.17, 15) is 18.0 Å². The van der Waals surface area contributed by atoms with Crippen molar-refractivity contribution in [3.8, 4) is 5.13 Å². The minimum atomic E-state index is -4.53. The van der Waals surface area contributed by atoms with E-state index in [-0.39, 0.29) is 5.13 Å². The van der Waals surface area contributed by atoms with Crippen LogP contribution in [0.15, 0.2) is 23.0 Å². The van der Waals surface area contributed by atoms with Crippen LogP contribution in [0.2, 0.25) is 0 Å². The van der Waals surface area contributed by atoms with Crippen LogP contribution >= 0.6 is 22.7 Å². The van der Waals surface area contributed by atoms with Gasteiger partial charge in [-0.1, -0.05) is 0 Å². The number of nitrogens with one attached hydrogen (secondary N) is 1. The van der Waals surface area contributed by atoms with Gasteiger partial charge in [-0.05, 0) is 19.9 Å². The van der Waals surface area contributed by atoms with Crippen LogP contribution in [0.3, 0.4) is 0 Å². The fraction of sp³-hybridized carbons (Fsp3) is 0.214. The predicted octanol–water partition coefficient (Wildman–Crippen LogP) is 4.28. The zero-order valence-corrected chi connectivity index (χ0v) is 14.1. The third-order valence-corrected chi connectivity index (χ3v) is 4.82. The first-order chi connectivity index (χ1) is 11.3. The van der Waals surface area contributed by atoms with E-state index < -0.39 is 17.8 Å². The summed E-state index contributed by atoms with van der Waals surface area (Å²) in [5, 5.41) is 5.74. The molecule has 3 aromatic rings. The minimum absolute atomic E-state index is 0.0913. The number of alkyl halides is 3. The van der Waals surface area contributed by atoms with Gasteiger partial charge in [-0.25, -0.2) is 9.97 Å². The van der Waals surface area contributed by atoms with Gasteiger partial charge in [0.2, 0.25) is 0 Å². The Morgan fingerprint density at radius 1 is 1.29 bits per heavy atom. The first-order valence-electron chi connectivity index (χ1n) is 6.70. The van der Waals surface area contributed by atoms with Crippen LogP contribution in [0.25, 0.3) is 5.13 Å². The van der Waals surface area contributed by atoms with Crippen molar-refractivity contribution >= 4 is 33.7 Å². The third-order valence-electron chi connectivity index (χ3n) is 3.30. The van der Waals surface area contributed by atoms with Crippen molar-refractivity contribution in [3.63, 3.8) is 0 Å². The van der Waals surface area contributed by atoms with E-state index in [0.29, 0.717) is 11.3 Å². The molecule has 3 aromatic heterocycles. The smallest absolute Gasteiger partial charge is 0.298 e. The molecule has 0 aliphatic carbocycles. The van der Waals surface area contributed by atoms with E-state index >= 15 is 0 Å². The van der Waals surface area contributed by atoms with E-state index in [1.807, 2.05) is 16.9 Å². The van der Waals surface area contributed by atoms with Gasteiger partial charge in [0.15, 0.2) is 16.0 Å². The molecule has 126 valence electrons. The highest BCUT2D eigenvalue weighted by molar-refractivity contribution is 7.14. The molecule has 0 radical (unpaired) electrons. The van der Waals surface area contributed by atoms with Gasteiger partial charge in [-0.2, -0.15) is 13.2 Å². The van der Waals surface area contributed by atoms with Crippen LogP contribution in [0, 0.1) is 13.8 Å². The van der Waals surface area contributed by atoms with Crippen molar-refractivity contribution in [2.45, 2.75) is 20.0 Å². The Morgan fingerprint density at radius 3 is 2.62 bits per heavy atom. The summed E-state index contributed by atoms with van der Waals surface area (Å²) in [6.45, 7) is 3.59. The maximum absolute atomic E-state index is 12.6. The highest BCUT2D eigenvalue weighted by Gasteiger charge is 2.34. The van der Waals surface area contributed by atoms with E-state index in [4.69, 9.17) is 0 Å². The molecule has 1 amide bonds. The highest BCUT2D eigenvalue weighted by atomic mass is 32.1. The minimum Gasteiger partial charge on any atom is -0.298 e. The Morgan fingerprint density at radius 2 is 2.04 bits per heavy atom. The fourth-order valence-corrected chi connectivity index (χ4v) is 3.70. The van der Waals surface area contributed by atoms with Crippen molar-refractivity contribution in [1.29, 1.82) is 0 Å². The Bertz CT molecular complexity index is 881. The average Bonchev–Trinajstić information content (AvgIpc) is 3.19. The molecule has 0 spiro atoms. The molecule has 3 rings (SSSR count). The lowest BCUT2D eigenvalue weighted by Gasteiger charge is -2.05. The lowest BCUT2D eigenvalue weighted by Crippen LogP contribution is -2.13. The first-order valence-corrected chi connectivity index (χ1v) is 8.46. The number of hydrogen-bond acceptors (Lipinski definition) is 5.